The lowest BCUT2D eigenvalue weighted by Crippen LogP contribution is -2.41. The minimum atomic E-state index is -0.372. The molecule has 3 rings (SSSR count). The van der Waals surface area contributed by atoms with Gasteiger partial charge in [0.05, 0.1) is 23.2 Å². The van der Waals surface area contributed by atoms with E-state index < -0.39 is 0 Å². The minimum Gasteiger partial charge on any atom is -0.399 e. The number of nitrogens with zero attached hydrogens (tertiary/aromatic N) is 1. The van der Waals surface area contributed by atoms with Crippen molar-refractivity contribution in [3.05, 3.63) is 23.8 Å². The Balaban J connectivity index is 1.94. The molecule has 1 unspecified atom stereocenters. The molecule has 1 aromatic rings. The van der Waals surface area contributed by atoms with Crippen LogP contribution in [-0.4, -0.2) is 24.7 Å². The van der Waals surface area contributed by atoms with E-state index in [1.54, 1.807) is 6.34 Å². The molecule has 0 bridgehead atoms. The lowest BCUT2D eigenvalue weighted by molar-refractivity contribution is 0.00578. The molecule has 2 aliphatic rings. The first kappa shape index (κ1) is 13.6. The Bertz CT molecular complexity index is 556. The van der Waals surface area contributed by atoms with E-state index >= 15 is 0 Å². The van der Waals surface area contributed by atoms with Crippen LogP contribution in [-0.2, 0) is 9.31 Å². The lowest BCUT2D eigenvalue weighted by Gasteiger charge is -2.32. The summed E-state index contributed by atoms with van der Waals surface area (Å²) in [5.41, 5.74) is 8.17. The summed E-state index contributed by atoms with van der Waals surface area (Å²) in [5, 5.41) is 2.99. The van der Waals surface area contributed by atoms with Crippen LogP contribution in [0.1, 0.15) is 39.4 Å². The highest BCUT2D eigenvalue weighted by molar-refractivity contribution is 6.62. The van der Waals surface area contributed by atoms with Crippen LogP contribution in [0.4, 0.5) is 5.69 Å². The van der Waals surface area contributed by atoms with Gasteiger partial charge in [-0.15, -0.1) is 0 Å². The van der Waals surface area contributed by atoms with E-state index in [0.29, 0.717) is 0 Å². The van der Waals surface area contributed by atoms with Crippen LogP contribution < -0.4 is 16.5 Å². The first-order valence-corrected chi connectivity index (χ1v) is 6.84. The first-order valence-electron chi connectivity index (χ1n) is 6.84. The lowest BCUT2D eigenvalue weighted by atomic mass is 9.78. The number of hydrogen-bond donors (Lipinski definition) is 2. The molecule has 0 amide bonds. The van der Waals surface area contributed by atoms with Crippen LogP contribution in [0.15, 0.2) is 23.2 Å². The summed E-state index contributed by atoms with van der Waals surface area (Å²) < 4.78 is 12.1. The fraction of sp³-hybridized carbons (Fsp3) is 0.500. The summed E-state index contributed by atoms with van der Waals surface area (Å²) in [5.74, 6) is 0. The molecule has 20 heavy (non-hydrogen) atoms. The molecule has 0 aromatic heterocycles. The first-order chi connectivity index (χ1) is 9.30. The Labute approximate surface area is 119 Å². The van der Waals surface area contributed by atoms with Crippen molar-refractivity contribution in [2.45, 2.75) is 45.1 Å². The highest BCUT2D eigenvalue weighted by Gasteiger charge is 2.51. The highest BCUT2D eigenvalue weighted by atomic mass is 16.7. The Kier molecular flexibility index (Phi) is 2.94. The third-order valence-corrected chi connectivity index (χ3v) is 4.37. The Morgan fingerprint density at radius 3 is 2.50 bits per heavy atom. The molecule has 2 heterocycles. The number of fused-ring (bicyclic) bond motifs is 1. The molecule has 2 aliphatic heterocycles. The van der Waals surface area contributed by atoms with Crippen molar-refractivity contribution < 1.29 is 9.31 Å². The maximum Gasteiger partial charge on any atom is 0.494 e. The highest BCUT2D eigenvalue weighted by Crippen LogP contribution is 2.37. The van der Waals surface area contributed by atoms with Crippen LogP contribution in [0.3, 0.4) is 0 Å². The van der Waals surface area contributed by atoms with Gasteiger partial charge in [-0.3, -0.25) is 0 Å². The van der Waals surface area contributed by atoms with Gasteiger partial charge in [0.15, 0.2) is 0 Å². The molecule has 106 valence electrons. The molecule has 1 aromatic carbocycles. The average Bonchev–Trinajstić information content (AvgIpc) is 2.59. The van der Waals surface area contributed by atoms with E-state index in [0.717, 1.165) is 16.7 Å². The Morgan fingerprint density at radius 2 is 1.85 bits per heavy atom. The van der Waals surface area contributed by atoms with E-state index in [9.17, 15) is 0 Å². The second-order valence-electron chi connectivity index (χ2n) is 6.31. The summed E-state index contributed by atoms with van der Waals surface area (Å²) in [4.78, 5) is 4.27. The zero-order valence-electron chi connectivity index (χ0n) is 12.3. The van der Waals surface area contributed by atoms with Crippen LogP contribution in [0.2, 0.25) is 0 Å². The zero-order valence-corrected chi connectivity index (χ0v) is 12.3. The maximum atomic E-state index is 6.05. The van der Waals surface area contributed by atoms with Crippen molar-refractivity contribution in [2.75, 3.05) is 0 Å². The van der Waals surface area contributed by atoms with Gasteiger partial charge in [0.2, 0.25) is 0 Å². The van der Waals surface area contributed by atoms with Crippen molar-refractivity contribution >= 4 is 24.6 Å². The number of nitrogens with two attached hydrogens (primary N) is 1. The summed E-state index contributed by atoms with van der Waals surface area (Å²) in [7, 11) is -0.372. The van der Waals surface area contributed by atoms with Gasteiger partial charge in [-0.05, 0) is 39.2 Å². The molecular weight excluding hydrogens is 253 g/mol. The Hall–Kier alpha value is -1.37. The predicted molar refractivity (Wildman–Crippen MR) is 80.4 cm³/mol. The number of rotatable bonds is 1. The molecule has 5 nitrogen and oxygen atoms in total. The monoisotopic (exact) mass is 273 g/mol. The van der Waals surface area contributed by atoms with Crippen LogP contribution in [0.5, 0.6) is 0 Å². The quantitative estimate of drug-likeness (QED) is 0.754. The molecule has 1 saturated heterocycles. The van der Waals surface area contributed by atoms with Gasteiger partial charge in [-0.25, -0.2) is 4.99 Å². The summed E-state index contributed by atoms with van der Waals surface area (Å²) in [6, 6.07) is 5.94. The molecule has 0 spiro atoms. The fourth-order valence-corrected chi connectivity index (χ4v) is 2.34. The van der Waals surface area contributed by atoms with Gasteiger partial charge in [-0.1, -0.05) is 12.1 Å². The molecule has 1 atom stereocenters. The van der Waals surface area contributed by atoms with Gasteiger partial charge < -0.3 is 20.4 Å². The molecule has 0 radical (unpaired) electrons. The van der Waals surface area contributed by atoms with Crippen LogP contribution in [0.25, 0.3) is 0 Å². The molecule has 1 fully saturated rings. The molecule has 0 saturated carbocycles. The summed E-state index contributed by atoms with van der Waals surface area (Å²) >= 11 is 0. The number of aliphatic imine (C=N–C) groups is 1. The van der Waals surface area contributed by atoms with Gasteiger partial charge in [-0.2, -0.15) is 0 Å². The fourth-order valence-electron chi connectivity index (χ4n) is 2.34. The number of nitrogens with one attached hydrogen (secondary N) is 1. The second-order valence-corrected chi connectivity index (χ2v) is 6.31. The minimum absolute atomic E-state index is 0.245. The van der Waals surface area contributed by atoms with Crippen LogP contribution >= 0.6 is 0 Å². The predicted octanol–water partition coefficient (Wildman–Crippen LogP) is 1.21. The Morgan fingerprint density at radius 1 is 1.20 bits per heavy atom. The van der Waals surface area contributed by atoms with E-state index in [1.165, 1.54) is 0 Å². The number of benzene rings is 1. The van der Waals surface area contributed by atoms with Crippen LogP contribution in [0, 0.1) is 0 Å². The van der Waals surface area contributed by atoms with Gasteiger partial charge >= 0.3 is 7.12 Å². The molecule has 6 heteroatoms. The third kappa shape index (κ3) is 2.04. The normalized spacial score (nSPS) is 26.2. The SMILES string of the molecule is CC1(C)OB(c2ccc3c(c2)C(N)NC=N3)OC1(C)C. The molecule has 0 aliphatic carbocycles. The van der Waals surface area contributed by atoms with E-state index in [-0.39, 0.29) is 24.5 Å². The van der Waals surface area contributed by atoms with Crippen molar-refractivity contribution in [1.29, 1.82) is 0 Å². The molecule has 3 N–H and O–H groups in total. The standard InChI is InChI=1S/C14H20BN3O2/c1-13(2)14(3,4)20-15(19-13)9-5-6-11-10(7-9)12(16)18-8-17-11/h5-8,12H,16H2,1-4H3,(H,17,18). The van der Waals surface area contributed by atoms with Gasteiger partial charge in [0, 0.05) is 5.56 Å². The molecular formula is C14H20BN3O2. The smallest absolute Gasteiger partial charge is 0.399 e. The van der Waals surface area contributed by atoms with Crippen molar-refractivity contribution in [3.63, 3.8) is 0 Å². The van der Waals surface area contributed by atoms with E-state index in [1.807, 2.05) is 45.9 Å². The topological polar surface area (TPSA) is 68.9 Å². The summed E-state index contributed by atoms with van der Waals surface area (Å²) in [6.07, 6.45) is 1.38. The largest absolute Gasteiger partial charge is 0.494 e. The maximum absolute atomic E-state index is 6.05. The van der Waals surface area contributed by atoms with E-state index in [2.05, 4.69) is 10.3 Å². The summed E-state index contributed by atoms with van der Waals surface area (Å²) in [6.45, 7) is 8.18. The number of hydrogen-bond acceptors (Lipinski definition) is 5. The average molecular weight is 273 g/mol. The van der Waals surface area contributed by atoms with Crippen molar-refractivity contribution in [1.82, 2.24) is 5.32 Å². The van der Waals surface area contributed by atoms with Crippen molar-refractivity contribution in [3.8, 4) is 0 Å². The van der Waals surface area contributed by atoms with Gasteiger partial charge in [0.1, 0.15) is 6.17 Å². The third-order valence-electron chi connectivity index (χ3n) is 4.37. The van der Waals surface area contributed by atoms with Gasteiger partial charge in [0.25, 0.3) is 0 Å². The van der Waals surface area contributed by atoms with Crippen molar-refractivity contribution in [2.24, 2.45) is 10.7 Å². The van der Waals surface area contributed by atoms with E-state index in [4.69, 9.17) is 15.0 Å². The zero-order chi connectivity index (χ0) is 14.5. The second kappa shape index (κ2) is 4.31.